The number of benzene rings is 1. The SMILES string of the molecule is CNS(=O)(=O)c1ccc(NCc2ncc[nH]2)cc1N. The van der Waals surface area contributed by atoms with Crippen LogP contribution in [0.15, 0.2) is 35.5 Å². The van der Waals surface area contributed by atoms with Gasteiger partial charge in [-0.1, -0.05) is 0 Å². The molecule has 8 heteroatoms. The number of nitrogens with two attached hydrogens (primary N) is 1. The first-order chi connectivity index (χ1) is 9.03. The highest BCUT2D eigenvalue weighted by atomic mass is 32.2. The predicted molar refractivity (Wildman–Crippen MR) is 73.0 cm³/mol. The molecule has 0 atom stereocenters. The second kappa shape index (κ2) is 5.29. The van der Waals surface area contributed by atoms with Gasteiger partial charge in [-0.05, 0) is 25.2 Å². The van der Waals surface area contributed by atoms with Crippen molar-refractivity contribution in [3.63, 3.8) is 0 Å². The summed E-state index contributed by atoms with van der Waals surface area (Å²) in [5.41, 5.74) is 6.67. The summed E-state index contributed by atoms with van der Waals surface area (Å²) in [7, 11) is -2.18. The summed E-state index contributed by atoms with van der Waals surface area (Å²) in [4.78, 5) is 7.09. The number of sulfonamides is 1. The third-order valence-corrected chi connectivity index (χ3v) is 4.07. The van der Waals surface area contributed by atoms with Crippen LogP contribution in [0.25, 0.3) is 0 Å². The van der Waals surface area contributed by atoms with Crippen LogP contribution in [0.2, 0.25) is 0 Å². The van der Waals surface area contributed by atoms with E-state index in [0.29, 0.717) is 6.54 Å². The number of aromatic amines is 1. The molecule has 0 bridgehead atoms. The number of nitrogens with one attached hydrogen (secondary N) is 3. The molecule has 0 aliphatic heterocycles. The Kier molecular flexibility index (Phi) is 3.72. The van der Waals surface area contributed by atoms with Crippen molar-refractivity contribution in [2.45, 2.75) is 11.4 Å². The van der Waals surface area contributed by atoms with E-state index < -0.39 is 10.0 Å². The highest BCUT2D eigenvalue weighted by molar-refractivity contribution is 7.89. The molecule has 2 aromatic rings. The third-order valence-electron chi connectivity index (χ3n) is 2.58. The molecule has 1 aromatic carbocycles. The predicted octanol–water partition coefficient (Wildman–Crippen LogP) is 0.512. The van der Waals surface area contributed by atoms with Gasteiger partial charge in [0.1, 0.15) is 10.7 Å². The normalized spacial score (nSPS) is 11.4. The summed E-state index contributed by atoms with van der Waals surface area (Å²) in [6.07, 6.45) is 3.39. The number of aromatic nitrogens is 2. The second-order valence-electron chi connectivity index (χ2n) is 3.85. The Morgan fingerprint density at radius 2 is 2.21 bits per heavy atom. The van der Waals surface area contributed by atoms with E-state index in [0.717, 1.165) is 11.5 Å². The van der Waals surface area contributed by atoms with Gasteiger partial charge in [-0.2, -0.15) is 0 Å². The van der Waals surface area contributed by atoms with Gasteiger partial charge in [0, 0.05) is 18.1 Å². The summed E-state index contributed by atoms with van der Waals surface area (Å²) in [5, 5.41) is 3.10. The van der Waals surface area contributed by atoms with Crippen LogP contribution in [0, 0.1) is 0 Å². The van der Waals surface area contributed by atoms with Gasteiger partial charge < -0.3 is 16.0 Å². The Morgan fingerprint density at radius 1 is 1.42 bits per heavy atom. The van der Waals surface area contributed by atoms with Crippen LogP contribution in [-0.4, -0.2) is 25.4 Å². The quantitative estimate of drug-likeness (QED) is 0.596. The molecular formula is C11H15N5O2S. The molecule has 19 heavy (non-hydrogen) atoms. The lowest BCUT2D eigenvalue weighted by atomic mass is 10.3. The molecule has 0 saturated carbocycles. The molecule has 0 spiro atoms. The molecule has 0 aliphatic rings. The van der Waals surface area contributed by atoms with Crippen LogP contribution in [0.5, 0.6) is 0 Å². The van der Waals surface area contributed by atoms with E-state index in [4.69, 9.17) is 5.73 Å². The molecule has 0 fully saturated rings. The van der Waals surface area contributed by atoms with E-state index in [-0.39, 0.29) is 10.6 Å². The number of hydrogen-bond acceptors (Lipinski definition) is 5. The van der Waals surface area contributed by atoms with Crippen molar-refractivity contribution < 1.29 is 8.42 Å². The van der Waals surface area contributed by atoms with Gasteiger partial charge in [0.25, 0.3) is 0 Å². The van der Waals surface area contributed by atoms with E-state index in [1.54, 1.807) is 24.5 Å². The van der Waals surface area contributed by atoms with Crippen molar-refractivity contribution in [3.05, 3.63) is 36.4 Å². The van der Waals surface area contributed by atoms with Crippen molar-refractivity contribution in [1.29, 1.82) is 0 Å². The van der Waals surface area contributed by atoms with Crippen molar-refractivity contribution in [2.24, 2.45) is 0 Å². The van der Waals surface area contributed by atoms with Crippen LogP contribution in [-0.2, 0) is 16.6 Å². The standard InChI is InChI=1S/C11H15N5O2S/c1-13-19(17,18)10-3-2-8(6-9(10)12)16-7-11-14-4-5-15-11/h2-6,13,16H,7,12H2,1H3,(H,14,15). The number of nitrogen functional groups attached to an aromatic ring is 1. The van der Waals surface area contributed by atoms with Crippen LogP contribution in [0.1, 0.15) is 5.82 Å². The van der Waals surface area contributed by atoms with Gasteiger partial charge in [0.15, 0.2) is 0 Å². The fourth-order valence-corrected chi connectivity index (χ4v) is 2.43. The fourth-order valence-electron chi connectivity index (χ4n) is 1.59. The van der Waals surface area contributed by atoms with Gasteiger partial charge in [-0.15, -0.1) is 0 Å². The smallest absolute Gasteiger partial charge is 0.242 e. The summed E-state index contributed by atoms with van der Waals surface area (Å²) in [6, 6.07) is 4.70. The Balaban J connectivity index is 2.15. The van der Waals surface area contributed by atoms with Crippen LogP contribution < -0.4 is 15.8 Å². The number of H-pyrrole nitrogens is 1. The highest BCUT2D eigenvalue weighted by Crippen LogP contribution is 2.22. The Labute approximate surface area is 111 Å². The number of imidazole rings is 1. The minimum absolute atomic E-state index is 0.0681. The van der Waals surface area contributed by atoms with Crippen molar-refractivity contribution in [3.8, 4) is 0 Å². The van der Waals surface area contributed by atoms with Gasteiger partial charge in [0.05, 0.1) is 12.2 Å². The zero-order valence-electron chi connectivity index (χ0n) is 10.3. The molecule has 7 nitrogen and oxygen atoms in total. The van der Waals surface area contributed by atoms with E-state index in [1.165, 1.54) is 13.1 Å². The van der Waals surface area contributed by atoms with E-state index in [2.05, 4.69) is 20.0 Å². The summed E-state index contributed by atoms with van der Waals surface area (Å²) in [6.45, 7) is 0.505. The summed E-state index contributed by atoms with van der Waals surface area (Å²) >= 11 is 0. The number of rotatable bonds is 5. The first-order valence-electron chi connectivity index (χ1n) is 5.58. The first kappa shape index (κ1) is 13.4. The molecule has 0 saturated heterocycles. The number of anilines is 2. The highest BCUT2D eigenvalue weighted by Gasteiger charge is 2.15. The molecule has 0 aliphatic carbocycles. The summed E-state index contributed by atoms with van der Waals surface area (Å²) < 4.78 is 25.5. The van der Waals surface area contributed by atoms with Crippen molar-refractivity contribution in [2.75, 3.05) is 18.1 Å². The lowest BCUT2D eigenvalue weighted by Gasteiger charge is -2.09. The summed E-state index contributed by atoms with van der Waals surface area (Å²) in [5.74, 6) is 0.783. The maximum atomic E-state index is 11.7. The minimum Gasteiger partial charge on any atom is -0.398 e. The van der Waals surface area contributed by atoms with E-state index in [9.17, 15) is 8.42 Å². The lowest BCUT2D eigenvalue weighted by Crippen LogP contribution is -2.20. The van der Waals surface area contributed by atoms with E-state index >= 15 is 0 Å². The monoisotopic (exact) mass is 281 g/mol. The van der Waals surface area contributed by atoms with Crippen molar-refractivity contribution in [1.82, 2.24) is 14.7 Å². The van der Waals surface area contributed by atoms with Crippen LogP contribution in [0.4, 0.5) is 11.4 Å². The lowest BCUT2D eigenvalue weighted by molar-refractivity contribution is 0.588. The topological polar surface area (TPSA) is 113 Å². The molecule has 102 valence electrons. The van der Waals surface area contributed by atoms with Gasteiger partial charge >= 0.3 is 0 Å². The third kappa shape index (κ3) is 3.04. The molecule has 2 rings (SSSR count). The maximum Gasteiger partial charge on any atom is 0.242 e. The Hall–Kier alpha value is -2.06. The van der Waals surface area contributed by atoms with Gasteiger partial charge in [0.2, 0.25) is 10.0 Å². The Morgan fingerprint density at radius 3 is 2.79 bits per heavy atom. The molecule has 0 radical (unpaired) electrons. The maximum absolute atomic E-state index is 11.7. The van der Waals surface area contributed by atoms with Gasteiger partial charge in [-0.3, -0.25) is 0 Å². The van der Waals surface area contributed by atoms with E-state index in [1.807, 2.05) is 0 Å². The van der Waals surface area contributed by atoms with Crippen LogP contribution in [0.3, 0.4) is 0 Å². The van der Waals surface area contributed by atoms with Crippen molar-refractivity contribution >= 4 is 21.4 Å². The fraction of sp³-hybridized carbons (Fsp3) is 0.182. The minimum atomic E-state index is -3.53. The van der Waals surface area contributed by atoms with Crippen LogP contribution >= 0.6 is 0 Å². The van der Waals surface area contributed by atoms with Gasteiger partial charge in [-0.25, -0.2) is 18.1 Å². The molecule has 1 heterocycles. The number of hydrogen-bond donors (Lipinski definition) is 4. The second-order valence-corrected chi connectivity index (χ2v) is 5.70. The average molecular weight is 281 g/mol. The molecule has 0 unspecified atom stereocenters. The Bertz CT molecular complexity index is 652. The molecular weight excluding hydrogens is 266 g/mol. The zero-order valence-corrected chi connectivity index (χ0v) is 11.2. The molecule has 5 N–H and O–H groups in total. The molecule has 1 aromatic heterocycles. The average Bonchev–Trinajstić information content (AvgIpc) is 2.89. The number of nitrogens with zero attached hydrogens (tertiary/aromatic N) is 1. The largest absolute Gasteiger partial charge is 0.398 e. The first-order valence-corrected chi connectivity index (χ1v) is 7.06. The zero-order chi connectivity index (χ0) is 13.9. The molecule has 0 amide bonds.